The van der Waals surface area contributed by atoms with Crippen LogP contribution in [0.2, 0.25) is 0 Å². The van der Waals surface area contributed by atoms with Gasteiger partial charge in [-0.3, -0.25) is 0 Å². The van der Waals surface area contributed by atoms with Crippen LogP contribution >= 0.6 is 11.3 Å². The molecule has 0 bridgehead atoms. The predicted molar refractivity (Wildman–Crippen MR) is 208 cm³/mol. The lowest BCUT2D eigenvalue weighted by Gasteiger charge is -2.26. The summed E-state index contributed by atoms with van der Waals surface area (Å²) in [5.74, 6) is 0. The molecule has 0 saturated heterocycles. The molecule has 0 aliphatic rings. The molecule has 0 amide bonds. The van der Waals surface area contributed by atoms with Crippen LogP contribution < -0.4 is 4.90 Å². The molecule has 1 heterocycles. The number of benzene rings is 8. The van der Waals surface area contributed by atoms with Gasteiger partial charge in [-0.05, 0) is 98.8 Å². The highest BCUT2D eigenvalue weighted by Crippen LogP contribution is 2.42. The van der Waals surface area contributed by atoms with Crippen molar-refractivity contribution in [1.82, 2.24) is 0 Å². The summed E-state index contributed by atoms with van der Waals surface area (Å²) < 4.78 is 2.64. The number of anilines is 3. The van der Waals surface area contributed by atoms with Crippen LogP contribution in [0.3, 0.4) is 0 Å². The Bertz CT molecular complexity index is 2540. The predicted octanol–water partition coefficient (Wildman–Crippen LogP) is 13.7. The first-order chi connectivity index (χ1) is 23.8. The second kappa shape index (κ2) is 12.0. The van der Waals surface area contributed by atoms with E-state index < -0.39 is 0 Å². The molecule has 0 spiro atoms. The maximum absolute atomic E-state index is 2.37. The summed E-state index contributed by atoms with van der Waals surface area (Å²) in [7, 11) is 0. The quantitative estimate of drug-likeness (QED) is 0.177. The minimum absolute atomic E-state index is 1.11. The molecular formula is C46H31NS. The van der Waals surface area contributed by atoms with E-state index in [0.717, 1.165) is 17.1 Å². The topological polar surface area (TPSA) is 3.24 Å². The Labute approximate surface area is 284 Å². The highest BCUT2D eigenvalue weighted by molar-refractivity contribution is 7.25. The molecule has 48 heavy (non-hydrogen) atoms. The lowest BCUT2D eigenvalue weighted by molar-refractivity contribution is 1.28. The summed E-state index contributed by atoms with van der Waals surface area (Å²) in [5, 5.41) is 5.16. The lowest BCUT2D eigenvalue weighted by atomic mass is 9.98. The molecule has 0 N–H and O–H groups in total. The fourth-order valence-corrected chi connectivity index (χ4v) is 8.01. The van der Waals surface area contributed by atoms with Crippen molar-refractivity contribution in [3.63, 3.8) is 0 Å². The van der Waals surface area contributed by atoms with E-state index in [1.165, 1.54) is 64.3 Å². The van der Waals surface area contributed by atoms with Gasteiger partial charge < -0.3 is 4.90 Å². The van der Waals surface area contributed by atoms with Crippen molar-refractivity contribution >= 4 is 59.3 Å². The molecule has 0 atom stereocenters. The third-order valence-electron chi connectivity index (χ3n) is 9.26. The Hall–Kier alpha value is -5.96. The number of thiophene rings is 1. The Kier molecular flexibility index (Phi) is 7.07. The van der Waals surface area contributed by atoms with Crippen LogP contribution in [-0.2, 0) is 0 Å². The molecule has 0 radical (unpaired) electrons. The molecule has 8 aromatic carbocycles. The van der Waals surface area contributed by atoms with E-state index in [2.05, 4.69) is 193 Å². The Balaban J connectivity index is 1.16. The van der Waals surface area contributed by atoms with Crippen molar-refractivity contribution < 1.29 is 0 Å². The van der Waals surface area contributed by atoms with Gasteiger partial charge in [0.05, 0.1) is 0 Å². The van der Waals surface area contributed by atoms with Crippen LogP contribution in [0.4, 0.5) is 17.1 Å². The highest BCUT2D eigenvalue weighted by atomic mass is 32.1. The number of fused-ring (bicyclic) bond motifs is 4. The van der Waals surface area contributed by atoms with Crippen molar-refractivity contribution in [2.45, 2.75) is 0 Å². The Morgan fingerprint density at radius 3 is 1.71 bits per heavy atom. The van der Waals surface area contributed by atoms with Crippen molar-refractivity contribution in [2.24, 2.45) is 0 Å². The van der Waals surface area contributed by atoms with Crippen LogP contribution in [0.1, 0.15) is 0 Å². The van der Waals surface area contributed by atoms with Crippen LogP contribution in [0.5, 0.6) is 0 Å². The van der Waals surface area contributed by atoms with E-state index in [-0.39, 0.29) is 0 Å². The van der Waals surface area contributed by atoms with E-state index in [4.69, 9.17) is 0 Å². The van der Waals surface area contributed by atoms with E-state index in [1.54, 1.807) is 0 Å². The van der Waals surface area contributed by atoms with Gasteiger partial charge in [0.25, 0.3) is 0 Å². The third-order valence-corrected chi connectivity index (χ3v) is 10.4. The van der Waals surface area contributed by atoms with Crippen LogP contribution in [0, 0.1) is 0 Å². The van der Waals surface area contributed by atoms with Gasteiger partial charge in [-0.2, -0.15) is 0 Å². The van der Waals surface area contributed by atoms with Gasteiger partial charge in [-0.25, -0.2) is 0 Å². The molecule has 0 aliphatic carbocycles. The van der Waals surface area contributed by atoms with Crippen molar-refractivity contribution in [1.29, 1.82) is 0 Å². The SMILES string of the molecule is c1ccc(-c2ccc(N(c3ccc(-c4ccc5ccccc5c4)cc3)c3cccc(-c4cccc5sc6ccccc6c45)c3)cc2)cc1. The first-order valence-electron chi connectivity index (χ1n) is 16.3. The second-order valence-electron chi connectivity index (χ2n) is 12.2. The van der Waals surface area contributed by atoms with E-state index in [0.29, 0.717) is 0 Å². The van der Waals surface area contributed by atoms with E-state index >= 15 is 0 Å². The molecule has 0 fully saturated rings. The van der Waals surface area contributed by atoms with Gasteiger partial charge in [0, 0.05) is 37.2 Å². The van der Waals surface area contributed by atoms with Gasteiger partial charge >= 0.3 is 0 Å². The maximum atomic E-state index is 2.37. The second-order valence-corrected chi connectivity index (χ2v) is 13.3. The number of rotatable bonds is 6. The normalized spacial score (nSPS) is 11.3. The molecule has 226 valence electrons. The van der Waals surface area contributed by atoms with E-state index in [9.17, 15) is 0 Å². The molecule has 0 aliphatic heterocycles. The van der Waals surface area contributed by atoms with Gasteiger partial charge in [0.1, 0.15) is 0 Å². The summed E-state index contributed by atoms with van der Waals surface area (Å²) >= 11 is 1.86. The summed E-state index contributed by atoms with van der Waals surface area (Å²) in [4.78, 5) is 2.37. The zero-order valence-corrected chi connectivity index (χ0v) is 27.1. The van der Waals surface area contributed by atoms with Crippen molar-refractivity contribution in [3.8, 4) is 33.4 Å². The van der Waals surface area contributed by atoms with Gasteiger partial charge in [-0.1, -0.05) is 133 Å². The molecule has 1 aromatic heterocycles. The van der Waals surface area contributed by atoms with Crippen LogP contribution in [0.25, 0.3) is 64.3 Å². The zero-order valence-electron chi connectivity index (χ0n) is 26.3. The van der Waals surface area contributed by atoms with Crippen LogP contribution in [-0.4, -0.2) is 0 Å². The summed E-state index contributed by atoms with van der Waals surface area (Å²) in [6.45, 7) is 0. The molecule has 1 nitrogen and oxygen atoms in total. The minimum Gasteiger partial charge on any atom is -0.310 e. The van der Waals surface area contributed by atoms with E-state index in [1.807, 2.05) is 11.3 Å². The van der Waals surface area contributed by atoms with Crippen molar-refractivity contribution in [2.75, 3.05) is 4.90 Å². The molecule has 9 aromatic rings. The van der Waals surface area contributed by atoms with Gasteiger partial charge in [0.15, 0.2) is 0 Å². The van der Waals surface area contributed by atoms with Crippen LogP contribution in [0.15, 0.2) is 188 Å². The maximum Gasteiger partial charge on any atom is 0.0467 e. The van der Waals surface area contributed by atoms with Gasteiger partial charge in [-0.15, -0.1) is 11.3 Å². The standard InChI is InChI=1S/C46H31NS/c1-2-10-32(11-3-1)34-22-26-39(27-23-34)47(40-28-24-35(25-29-40)37-21-20-33-12-4-5-13-36(33)30-37)41-15-8-14-38(31-41)42-17-9-19-45-46(42)43-16-6-7-18-44(43)48-45/h1-31H. The van der Waals surface area contributed by atoms with Crippen molar-refractivity contribution in [3.05, 3.63) is 188 Å². The summed E-state index contributed by atoms with van der Waals surface area (Å²) in [6.07, 6.45) is 0. The highest BCUT2D eigenvalue weighted by Gasteiger charge is 2.16. The third kappa shape index (κ3) is 5.13. The monoisotopic (exact) mass is 629 g/mol. The first kappa shape index (κ1) is 28.3. The molecule has 9 rings (SSSR count). The fourth-order valence-electron chi connectivity index (χ4n) is 6.88. The van der Waals surface area contributed by atoms with Gasteiger partial charge in [0.2, 0.25) is 0 Å². The first-order valence-corrected chi connectivity index (χ1v) is 17.2. The molecule has 2 heteroatoms. The molecule has 0 saturated carbocycles. The number of nitrogens with zero attached hydrogens (tertiary/aromatic N) is 1. The number of hydrogen-bond acceptors (Lipinski definition) is 2. The summed E-state index contributed by atoms with van der Waals surface area (Å²) in [5.41, 5.74) is 10.7. The smallest absolute Gasteiger partial charge is 0.0467 e. The Morgan fingerprint density at radius 2 is 0.917 bits per heavy atom. The minimum atomic E-state index is 1.11. The summed E-state index contributed by atoms with van der Waals surface area (Å²) in [6, 6.07) is 68.1. The Morgan fingerprint density at radius 1 is 0.333 bits per heavy atom. The fraction of sp³-hybridized carbons (Fsp3) is 0. The average molecular weight is 630 g/mol. The molecule has 0 unspecified atom stereocenters. The lowest BCUT2D eigenvalue weighted by Crippen LogP contribution is -2.10. The number of hydrogen-bond donors (Lipinski definition) is 0. The molecular weight excluding hydrogens is 599 g/mol. The zero-order chi connectivity index (χ0) is 31.9. The largest absolute Gasteiger partial charge is 0.310 e. The average Bonchev–Trinajstić information content (AvgIpc) is 3.55.